The zero-order valence-electron chi connectivity index (χ0n) is 14.8. The smallest absolute Gasteiger partial charge is 0.166 e. The fraction of sp³-hybridized carbons (Fsp3) is 0.500. The molecule has 23 heavy (non-hydrogen) atoms. The second-order valence-electron chi connectivity index (χ2n) is 8.00. The summed E-state index contributed by atoms with van der Waals surface area (Å²) in [5.41, 5.74) is 3.80. The van der Waals surface area contributed by atoms with Crippen LogP contribution in [0.15, 0.2) is 30.3 Å². The molecule has 0 spiro atoms. The van der Waals surface area contributed by atoms with Gasteiger partial charge < -0.3 is 0 Å². The van der Waals surface area contributed by atoms with Crippen molar-refractivity contribution in [3.63, 3.8) is 0 Å². The van der Waals surface area contributed by atoms with E-state index >= 15 is 0 Å². The number of benzene rings is 1. The number of aromatic nitrogens is 2. The second-order valence-corrected chi connectivity index (χ2v) is 8.00. The highest BCUT2D eigenvalue weighted by atomic mass is 16.1. The Morgan fingerprint density at radius 1 is 1.13 bits per heavy atom. The fourth-order valence-electron chi connectivity index (χ4n) is 3.37. The van der Waals surface area contributed by atoms with Gasteiger partial charge in [0.15, 0.2) is 5.78 Å². The monoisotopic (exact) mass is 310 g/mol. The average molecular weight is 310 g/mol. The van der Waals surface area contributed by atoms with E-state index in [9.17, 15) is 4.79 Å². The molecule has 1 aliphatic carbocycles. The van der Waals surface area contributed by atoms with Crippen molar-refractivity contribution in [2.45, 2.75) is 52.9 Å². The number of carbonyl (C=O) groups excluding carboxylic acids is 1. The zero-order chi connectivity index (χ0) is 16.8. The number of fused-ring (bicyclic) bond motifs is 1. The molecule has 3 heteroatoms. The topological polar surface area (TPSA) is 34.9 Å². The molecule has 0 saturated heterocycles. The minimum absolute atomic E-state index is 0.134. The molecule has 3 nitrogen and oxygen atoms in total. The molecule has 0 radical (unpaired) electrons. The Kier molecular flexibility index (Phi) is 3.91. The summed E-state index contributed by atoms with van der Waals surface area (Å²) in [7, 11) is 0. The molecule has 0 aliphatic heterocycles. The van der Waals surface area contributed by atoms with Crippen LogP contribution in [0.25, 0.3) is 5.69 Å². The van der Waals surface area contributed by atoms with Crippen LogP contribution >= 0.6 is 0 Å². The molecular formula is C20H26N2O. The van der Waals surface area contributed by atoms with Gasteiger partial charge in [-0.15, -0.1) is 0 Å². The molecule has 1 aromatic heterocycles. The molecule has 122 valence electrons. The standard InChI is InChI=1S/C20H26N2O/c1-13(2)14-11-16-18(17(23)12-14)19(20(3,4)5)21-22(16)15-9-7-6-8-10-15/h6-10,13-14H,11-12H2,1-5H3. The highest BCUT2D eigenvalue weighted by Gasteiger charge is 2.36. The molecule has 1 atom stereocenters. The van der Waals surface area contributed by atoms with Crippen molar-refractivity contribution < 1.29 is 4.79 Å². The van der Waals surface area contributed by atoms with E-state index in [1.807, 2.05) is 22.9 Å². The first-order valence-corrected chi connectivity index (χ1v) is 8.50. The first-order valence-electron chi connectivity index (χ1n) is 8.50. The van der Waals surface area contributed by atoms with Crippen LogP contribution < -0.4 is 0 Å². The van der Waals surface area contributed by atoms with Crippen LogP contribution in [0.2, 0.25) is 0 Å². The minimum atomic E-state index is -0.134. The van der Waals surface area contributed by atoms with Gasteiger partial charge in [-0.1, -0.05) is 52.8 Å². The molecule has 1 unspecified atom stereocenters. The summed E-state index contributed by atoms with van der Waals surface area (Å²) < 4.78 is 2.00. The van der Waals surface area contributed by atoms with Crippen LogP contribution in [0.5, 0.6) is 0 Å². The highest BCUT2D eigenvalue weighted by molar-refractivity contribution is 6.00. The summed E-state index contributed by atoms with van der Waals surface area (Å²) in [5, 5.41) is 4.87. The van der Waals surface area contributed by atoms with Gasteiger partial charge in [-0.25, -0.2) is 4.68 Å². The summed E-state index contributed by atoms with van der Waals surface area (Å²) in [5.74, 6) is 1.17. The molecule has 0 fully saturated rings. The third kappa shape index (κ3) is 2.85. The quantitative estimate of drug-likeness (QED) is 0.814. The lowest BCUT2D eigenvalue weighted by Gasteiger charge is -2.26. The molecule has 0 amide bonds. The van der Waals surface area contributed by atoms with Gasteiger partial charge in [0, 0.05) is 11.8 Å². The van der Waals surface area contributed by atoms with E-state index in [0.717, 1.165) is 29.1 Å². The number of hydrogen-bond acceptors (Lipinski definition) is 2. The van der Waals surface area contributed by atoms with Crippen molar-refractivity contribution in [3.8, 4) is 5.69 Å². The van der Waals surface area contributed by atoms with Gasteiger partial charge in [0.05, 0.1) is 22.6 Å². The Bertz CT molecular complexity index is 720. The number of Topliss-reactive ketones (excluding diaryl/α,β-unsaturated/α-hetero) is 1. The van der Waals surface area contributed by atoms with Gasteiger partial charge in [-0.2, -0.15) is 5.10 Å². The maximum Gasteiger partial charge on any atom is 0.166 e. The Morgan fingerprint density at radius 2 is 1.78 bits per heavy atom. The van der Waals surface area contributed by atoms with Crippen molar-refractivity contribution >= 4 is 5.78 Å². The molecular weight excluding hydrogens is 284 g/mol. The van der Waals surface area contributed by atoms with Crippen LogP contribution in [0.1, 0.15) is 62.8 Å². The number of carbonyl (C=O) groups is 1. The van der Waals surface area contributed by atoms with E-state index in [4.69, 9.17) is 5.10 Å². The Labute approximate surface area is 138 Å². The molecule has 0 N–H and O–H groups in total. The number of ketones is 1. The van der Waals surface area contributed by atoms with Crippen LogP contribution in [0.3, 0.4) is 0 Å². The van der Waals surface area contributed by atoms with Gasteiger partial charge in [0.25, 0.3) is 0 Å². The largest absolute Gasteiger partial charge is 0.294 e. The van der Waals surface area contributed by atoms with Crippen molar-refractivity contribution in [2.24, 2.45) is 11.8 Å². The average Bonchev–Trinajstić information content (AvgIpc) is 2.88. The van der Waals surface area contributed by atoms with Gasteiger partial charge in [-0.05, 0) is 30.4 Å². The van der Waals surface area contributed by atoms with Gasteiger partial charge in [0.2, 0.25) is 0 Å². The molecule has 0 saturated carbocycles. The summed E-state index contributed by atoms with van der Waals surface area (Å²) >= 11 is 0. The number of nitrogens with zero attached hydrogens (tertiary/aromatic N) is 2. The summed E-state index contributed by atoms with van der Waals surface area (Å²) in [4.78, 5) is 12.9. The molecule has 0 bridgehead atoms. The van der Waals surface area contributed by atoms with E-state index in [-0.39, 0.29) is 11.2 Å². The Balaban J connectivity index is 2.21. The Morgan fingerprint density at radius 3 is 2.35 bits per heavy atom. The predicted molar refractivity (Wildman–Crippen MR) is 93.2 cm³/mol. The Hall–Kier alpha value is -1.90. The summed E-state index contributed by atoms with van der Waals surface area (Å²) in [6, 6.07) is 10.2. The molecule has 1 heterocycles. The lowest BCUT2D eigenvalue weighted by Crippen LogP contribution is -2.26. The van der Waals surface area contributed by atoms with Crippen molar-refractivity contribution in [3.05, 3.63) is 47.3 Å². The van der Waals surface area contributed by atoms with Crippen LogP contribution in [-0.2, 0) is 11.8 Å². The van der Waals surface area contributed by atoms with E-state index in [2.05, 4.69) is 46.8 Å². The molecule has 1 aromatic carbocycles. The minimum Gasteiger partial charge on any atom is -0.294 e. The van der Waals surface area contributed by atoms with Crippen molar-refractivity contribution in [2.75, 3.05) is 0 Å². The number of rotatable bonds is 2. The molecule has 3 rings (SSSR count). The van der Waals surface area contributed by atoms with Crippen LogP contribution in [-0.4, -0.2) is 15.6 Å². The fourth-order valence-corrected chi connectivity index (χ4v) is 3.37. The van der Waals surface area contributed by atoms with E-state index in [0.29, 0.717) is 18.3 Å². The van der Waals surface area contributed by atoms with E-state index in [1.54, 1.807) is 0 Å². The maximum atomic E-state index is 12.9. The predicted octanol–water partition coefficient (Wildman–Crippen LogP) is 4.57. The second kappa shape index (κ2) is 5.63. The lowest BCUT2D eigenvalue weighted by molar-refractivity contribution is 0.0930. The van der Waals surface area contributed by atoms with Gasteiger partial charge >= 0.3 is 0 Å². The zero-order valence-corrected chi connectivity index (χ0v) is 14.8. The highest BCUT2D eigenvalue weighted by Crippen LogP contribution is 2.37. The van der Waals surface area contributed by atoms with E-state index < -0.39 is 0 Å². The van der Waals surface area contributed by atoms with Crippen LogP contribution in [0, 0.1) is 11.8 Å². The maximum absolute atomic E-state index is 12.9. The van der Waals surface area contributed by atoms with E-state index in [1.165, 1.54) is 0 Å². The number of para-hydroxylation sites is 1. The lowest BCUT2D eigenvalue weighted by atomic mass is 9.77. The summed E-state index contributed by atoms with van der Waals surface area (Å²) in [6.07, 6.45) is 1.57. The summed E-state index contributed by atoms with van der Waals surface area (Å²) in [6.45, 7) is 10.8. The first kappa shape index (κ1) is 16.0. The molecule has 1 aliphatic rings. The third-order valence-corrected chi connectivity index (χ3v) is 4.82. The normalized spacial score (nSPS) is 18.3. The van der Waals surface area contributed by atoms with Gasteiger partial charge in [-0.3, -0.25) is 4.79 Å². The first-order chi connectivity index (χ1) is 10.8. The third-order valence-electron chi connectivity index (χ3n) is 4.82. The van der Waals surface area contributed by atoms with Crippen LogP contribution in [0.4, 0.5) is 0 Å². The van der Waals surface area contributed by atoms with Gasteiger partial charge in [0.1, 0.15) is 0 Å². The van der Waals surface area contributed by atoms with Crippen molar-refractivity contribution in [1.29, 1.82) is 0 Å². The van der Waals surface area contributed by atoms with Crippen molar-refractivity contribution in [1.82, 2.24) is 9.78 Å². The molecule has 2 aromatic rings. The SMILES string of the molecule is CC(C)C1CC(=O)c2c(C(C)(C)C)nn(-c3ccccc3)c2C1. The number of hydrogen-bond donors (Lipinski definition) is 0.